The van der Waals surface area contributed by atoms with E-state index in [9.17, 15) is 4.79 Å². The molecular weight excluding hydrogens is 401 g/mol. The highest BCUT2D eigenvalue weighted by atomic mass is 79.9. The highest BCUT2D eigenvalue weighted by molar-refractivity contribution is 9.12. The van der Waals surface area contributed by atoms with Crippen LogP contribution in [0.1, 0.15) is 15.9 Å². The van der Waals surface area contributed by atoms with Crippen molar-refractivity contribution in [2.75, 3.05) is 0 Å². The molecule has 18 heavy (non-hydrogen) atoms. The van der Waals surface area contributed by atoms with Crippen molar-refractivity contribution in [1.82, 2.24) is 5.32 Å². The summed E-state index contributed by atoms with van der Waals surface area (Å²) >= 11 is 14.0. The first-order valence-electron chi connectivity index (χ1n) is 5.04. The molecule has 1 heterocycles. The molecule has 0 saturated heterocycles. The topological polar surface area (TPSA) is 29.1 Å². The van der Waals surface area contributed by atoms with Gasteiger partial charge < -0.3 is 5.32 Å². The monoisotopic (exact) mass is 407 g/mol. The number of nitrogens with one attached hydrogen (secondary N) is 1. The molecule has 1 N–H and O–H groups in total. The fraction of sp³-hybridized carbons (Fsp3) is 0.0833. The Balaban J connectivity index is 2.00. The quantitative estimate of drug-likeness (QED) is 0.771. The molecule has 0 aliphatic rings. The number of halogens is 3. The largest absolute Gasteiger partial charge is 0.348 e. The van der Waals surface area contributed by atoms with Crippen LogP contribution in [0.15, 0.2) is 37.9 Å². The van der Waals surface area contributed by atoms with E-state index in [1.165, 1.54) is 11.3 Å². The van der Waals surface area contributed by atoms with Gasteiger partial charge in [-0.2, -0.15) is 0 Å². The van der Waals surface area contributed by atoms with Gasteiger partial charge in [-0.25, -0.2) is 0 Å². The molecule has 2 nitrogen and oxygen atoms in total. The van der Waals surface area contributed by atoms with E-state index in [-0.39, 0.29) is 5.91 Å². The Kier molecular flexibility index (Phi) is 4.84. The molecule has 0 spiro atoms. The molecule has 1 aromatic carbocycles. The van der Waals surface area contributed by atoms with Crippen molar-refractivity contribution in [2.45, 2.75) is 6.54 Å². The van der Waals surface area contributed by atoms with Gasteiger partial charge in [0.05, 0.1) is 13.1 Å². The molecule has 0 aliphatic heterocycles. The zero-order chi connectivity index (χ0) is 13.1. The molecule has 1 aromatic heterocycles. The van der Waals surface area contributed by atoms with Crippen LogP contribution in [0.2, 0.25) is 5.02 Å². The molecule has 0 radical (unpaired) electrons. The van der Waals surface area contributed by atoms with Crippen molar-refractivity contribution in [2.24, 2.45) is 0 Å². The van der Waals surface area contributed by atoms with Crippen LogP contribution >= 0.6 is 54.8 Å². The summed E-state index contributed by atoms with van der Waals surface area (Å²) in [5.74, 6) is -0.0984. The minimum absolute atomic E-state index is 0.0984. The van der Waals surface area contributed by atoms with Gasteiger partial charge in [0.1, 0.15) is 0 Å². The van der Waals surface area contributed by atoms with Crippen LogP contribution in [0, 0.1) is 0 Å². The van der Waals surface area contributed by atoms with Gasteiger partial charge in [0.25, 0.3) is 5.91 Å². The lowest BCUT2D eigenvalue weighted by Crippen LogP contribution is -2.22. The predicted molar refractivity (Wildman–Crippen MR) is 82.3 cm³/mol. The normalized spacial score (nSPS) is 10.4. The van der Waals surface area contributed by atoms with Gasteiger partial charge in [0.2, 0.25) is 0 Å². The van der Waals surface area contributed by atoms with Gasteiger partial charge in [-0.05, 0) is 55.6 Å². The van der Waals surface area contributed by atoms with E-state index in [0.717, 1.165) is 13.1 Å². The zero-order valence-electron chi connectivity index (χ0n) is 9.04. The van der Waals surface area contributed by atoms with E-state index < -0.39 is 0 Å². The van der Waals surface area contributed by atoms with E-state index in [1.807, 2.05) is 12.1 Å². The third-order valence-electron chi connectivity index (χ3n) is 2.27. The zero-order valence-corrected chi connectivity index (χ0v) is 13.8. The first-order valence-corrected chi connectivity index (χ1v) is 7.82. The maximum absolute atomic E-state index is 11.9. The SMILES string of the molecule is O=C(NCc1ccc(Cl)cc1)c1cc(Br)sc1Br. The second kappa shape index (κ2) is 6.19. The molecule has 2 rings (SSSR count). The van der Waals surface area contributed by atoms with Crippen molar-refractivity contribution >= 4 is 60.7 Å². The third-order valence-corrected chi connectivity index (χ3v) is 4.86. The summed E-state index contributed by atoms with van der Waals surface area (Å²) in [5, 5.41) is 3.55. The smallest absolute Gasteiger partial charge is 0.253 e. The highest BCUT2D eigenvalue weighted by Gasteiger charge is 2.13. The van der Waals surface area contributed by atoms with Crippen LogP contribution in [-0.2, 0) is 6.54 Å². The molecule has 0 unspecified atom stereocenters. The van der Waals surface area contributed by atoms with Gasteiger partial charge in [-0.3, -0.25) is 4.79 Å². The minimum Gasteiger partial charge on any atom is -0.348 e. The Hall–Kier alpha value is -0.360. The first-order chi connectivity index (χ1) is 8.56. The van der Waals surface area contributed by atoms with E-state index in [4.69, 9.17) is 11.6 Å². The van der Waals surface area contributed by atoms with Crippen LogP contribution in [0.3, 0.4) is 0 Å². The van der Waals surface area contributed by atoms with E-state index in [2.05, 4.69) is 37.2 Å². The Bertz CT molecular complexity index is 568. The van der Waals surface area contributed by atoms with Gasteiger partial charge in [0.15, 0.2) is 0 Å². The van der Waals surface area contributed by atoms with Crippen LogP contribution in [-0.4, -0.2) is 5.91 Å². The van der Waals surface area contributed by atoms with Gasteiger partial charge >= 0.3 is 0 Å². The standard InChI is InChI=1S/C12H8Br2ClNOS/c13-10-5-9(11(14)18-10)12(17)16-6-7-1-3-8(15)4-2-7/h1-5H,6H2,(H,16,17). The van der Waals surface area contributed by atoms with E-state index in [0.29, 0.717) is 17.1 Å². The molecule has 1 amide bonds. The van der Waals surface area contributed by atoms with Crippen LogP contribution in [0.25, 0.3) is 0 Å². The minimum atomic E-state index is -0.0984. The molecule has 0 bridgehead atoms. The highest BCUT2D eigenvalue weighted by Crippen LogP contribution is 2.31. The Morgan fingerprint density at radius 3 is 2.50 bits per heavy atom. The summed E-state index contributed by atoms with van der Waals surface area (Å²) in [6, 6.07) is 9.19. The second-order valence-corrected chi connectivity index (χ2v) is 7.73. The molecular formula is C12H8Br2ClNOS. The lowest BCUT2D eigenvalue weighted by atomic mass is 10.2. The number of rotatable bonds is 3. The summed E-state index contributed by atoms with van der Waals surface area (Å²) < 4.78 is 1.74. The first kappa shape index (κ1) is 14.1. The van der Waals surface area contributed by atoms with Gasteiger partial charge in [-0.1, -0.05) is 23.7 Å². The molecule has 6 heteroatoms. The van der Waals surface area contributed by atoms with Crippen molar-refractivity contribution < 1.29 is 4.79 Å². The summed E-state index contributed by atoms with van der Waals surface area (Å²) in [4.78, 5) is 11.9. The maximum atomic E-state index is 11.9. The molecule has 0 fully saturated rings. The third kappa shape index (κ3) is 3.57. The summed E-state index contributed by atoms with van der Waals surface area (Å²) in [7, 11) is 0. The van der Waals surface area contributed by atoms with Crippen LogP contribution in [0.4, 0.5) is 0 Å². The Morgan fingerprint density at radius 1 is 1.28 bits per heavy atom. The van der Waals surface area contributed by atoms with Crippen molar-refractivity contribution in [1.29, 1.82) is 0 Å². The molecule has 2 aromatic rings. The summed E-state index contributed by atoms with van der Waals surface area (Å²) in [6.07, 6.45) is 0. The van der Waals surface area contributed by atoms with Crippen molar-refractivity contribution in [3.8, 4) is 0 Å². The van der Waals surface area contributed by atoms with Crippen molar-refractivity contribution in [3.05, 3.63) is 54.1 Å². The second-order valence-electron chi connectivity index (χ2n) is 3.55. The number of carbonyl (C=O) groups excluding carboxylic acids is 1. The van der Waals surface area contributed by atoms with E-state index >= 15 is 0 Å². The number of amides is 1. The maximum Gasteiger partial charge on any atom is 0.253 e. The molecule has 0 aliphatic carbocycles. The van der Waals surface area contributed by atoms with Crippen LogP contribution in [0.5, 0.6) is 0 Å². The summed E-state index contributed by atoms with van der Waals surface area (Å²) in [6.45, 7) is 0.482. The average Bonchev–Trinajstić information content (AvgIpc) is 2.67. The number of benzene rings is 1. The van der Waals surface area contributed by atoms with E-state index in [1.54, 1.807) is 18.2 Å². The van der Waals surface area contributed by atoms with Gasteiger partial charge in [-0.15, -0.1) is 11.3 Å². The van der Waals surface area contributed by atoms with Crippen molar-refractivity contribution in [3.63, 3.8) is 0 Å². The molecule has 94 valence electrons. The number of hydrogen-bond acceptors (Lipinski definition) is 2. The van der Waals surface area contributed by atoms with Crippen LogP contribution < -0.4 is 5.32 Å². The number of thiophene rings is 1. The Labute approximate surface area is 131 Å². The average molecular weight is 410 g/mol. The molecule has 0 saturated carbocycles. The molecule has 0 atom stereocenters. The number of hydrogen-bond donors (Lipinski definition) is 1. The summed E-state index contributed by atoms with van der Waals surface area (Å²) in [5.41, 5.74) is 1.65. The number of carbonyl (C=O) groups is 1. The lowest BCUT2D eigenvalue weighted by molar-refractivity contribution is 0.0950. The lowest BCUT2D eigenvalue weighted by Gasteiger charge is -2.04. The fourth-order valence-electron chi connectivity index (χ4n) is 1.37. The Morgan fingerprint density at radius 2 is 1.94 bits per heavy atom. The fourth-order valence-corrected chi connectivity index (χ4v) is 4.29. The van der Waals surface area contributed by atoms with Gasteiger partial charge in [0, 0.05) is 11.6 Å². The predicted octanol–water partition coefficient (Wildman–Crippen LogP) is 4.86.